The van der Waals surface area contributed by atoms with Crippen LogP contribution < -0.4 is 5.73 Å². The highest BCUT2D eigenvalue weighted by Gasteiger charge is 2.19. The number of likely N-dealkylation sites (tertiary alicyclic amines) is 1. The first-order valence-corrected chi connectivity index (χ1v) is 9.20. The average molecular weight is 305 g/mol. The van der Waals surface area contributed by atoms with Gasteiger partial charge in [-0.2, -0.15) is 0 Å². The van der Waals surface area contributed by atoms with E-state index in [2.05, 4.69) is 30.9 Å². The highest BCUT2D eigenvalue weighted by atomic mass is 15.1. The van der Waals surface area contributed by atoms with Gasteiger partial charge in [0.25, 0.3) is 0 Å². The van der Waals surface area contributed by atoms with E-state index in [0.717, 1.165) is 17.5 Å². The van der Waals surface area contributed by atoms with Gasteiger partial charge in [0.1, 0.15) is 0 Å². The molecule has 0 aliphatic carbocycles. The van der Waals surface area contributed by atoms with Crippen LogP contribution in [-0.4, -0.2) is 24.5 Å². The number of hydrogen-bond acceptors (Lipinski definition) is 2. The molecule has 22 heavy (non-hydrogen) atoms. The number of hydrogen-bond donors (Lipinski definition) is 1. The molecule has 2 heteroatoms. The Bertz CT molecular complexity index is 375. The van der Waals surface area contributed by atoms with E-state index >= 15 is 0 Å². The molecule has 0 bridgehead atoms. The molecule has 2 rings (SSSR count). The van der Waals surface area contributed by atoms with Crippen molar-refractivity contribution in [2.75, 3.05) is 25.4 Å². The van der Waals surface area contributed by atoms with Crippen LogP contribution in [0, 0.1) is 11.8 Å². The summed E-state index contributed by atoms with van der Waals surface area (Å²) in [6.45, 7) is 12.5. The summed E-state index contributed by atoms with van der Waals surface area (Å²) in [5.74, 6) is 1.71. The number of benzene rings is 1. The van der Waals surface area contributed by atoms with Crippen LogP contribution in [0.2, 0.25) is 0 Å². The minimum absolute atomic E-state index is 0.845. The van der Waals surface area contributed by atoms with Crippen molar-refractivity contribution in [3.63, 3.8) is 0 Å². The summed E-state index contributed by atoms with van der Waals surface area (Å²) >= 11 is 0. The van der Waals surface area contributed by atoms with E-state index in [1.165, 1.54) is 57.3 Å². The standard InChI is InChI=1S/C18H30N2.C2H6/c1-15(2)4-3-11-20-12-9-17(10-13-20)14-16-5-7-18(19)8-6-16;1-2/h5-8,15,17H,3-4,9-14,19H2,1-2H3;1-2H3. The number of nitrogen functional groups attached to an aromatic ring is 1. The quantitative estimate of drug-likeness (QED) is 0.751. The molecule has 0 radical (unpaired) electrons. The Balaban J connectivity index is 0.00000116. The van der Waals surface area contributed by atoms with Gasteiger partial charge < -0.3 is 10.6 Å². The van der Waals surface area contributed by atoms with Crippen molar-refractivity contribution < 1.29 is 0 Å². The zero-order valence-electron chi connectivity index (χ0n) is 15.1. The molecule has 0 spiro atoms. The van der Waals surface area contributed by atoms with Crippen LogP contribution >= 0.6 is 0 Å². The molecule has 0 saturated carbocycles. The lowest BCUT2D eigenvalue weighted by Crippen LogP contribution is -2.35. The molecule has 0 atom stereocenters. The van der Waals surface area contributed by atoms with Gasteiger partial charge in [0.2, 0.25) is 0 Å². The van der Waals surface area contributed by atoms with Gasteiger partial charge in [0, 0.05) is 5.69 Å². The predicted octanol–water partition coefficient (Wildman–Crippen LogP) is 4.99. The Morgan fingerprint density at radius 3 is 2.23 bits per heavy atom. The molecule has 126 valence electrons. The minimum Gasteiger partial charge on any atom is -0.399 e. The molecular weight excluding hydrogens is 268 g/mol. The number of nitrogens with two attached hydrogens (primary N) is 1. The topological polar surface area (TPSA) is 29.3 Å². The zero-order chi connectivity index (χ0) is 16.4. The largest absolute Gasteiger partial charge is 0.399 e. The summed E-state index contributed by atoms with van der Waals surface area (Å²) in [5.41, 5.74) is 8.05. The van der Waals surface area contributed by atoms with E-state index in [9.17, 15) is 0 Å². The third-order valence-corrected chi connectivity index (χ3v) is 4.47. The van der Waals surface area contributed by atoms with Gasteiger partial charge in [0.05, 0.1) is 0 Å². The molecule has 1 saturated heterocycles. The Hall–Kier alpha value is -1.02. The summed E-state index contributed by atoms with van der Waals surface area (Å²) in [6, 6.07) is 8.42. The second-order valence-corrected chi connectivity index (χ2v) is 6.77. The van der Waals surface area contributed by atoms with E-state index in [4.69, 9.17) is 5.73 Å². The molecule has 2 nitrogen and oxygen atoms in total. The fourth-order valence-corrected chi connectivity index (χ4v) is 3.12. The Morgan fingerprint density at radius 1 is 1.09 bits per heavy atom. The van der Waals surface area contributed by atoms with Crippen LogP contribution in [0.1, 0.15) is 58.9 Å². The van der Waals surface area contributed by atoms with E-state index in [0.29, 0.717) is 0 Å². The molecule has 0 aromatic heterocycles. The maximum Gasteiger partial charge on any atom is 0.0314 e. The summed E-state index contributed by atoms with van der Waals surface area (Å²) in [7, 11) is 0. The van der Waals surface area contributed by atoms with Gasteiger partial charge in [-0.05, 0) is 81.3 Å². The SMILES string of the molecule is CC.CC(C)CCCN1CCC(Cc2ccc(N)cc2)CC1. The summed E-state index contributed by atoms with van der Waals surface area (Å²) < 4.78 is 0. The molecule has 1 aliphatic rings. The Labute approximate surface area is 138 Å². The lowest BCUT2D eigenvalue weighted by molar-refractivity contribution is 0.179. The monoisotopic (exact) mass is 304 g/mol. The Kier molecular flexibility index (Phi) is 9.22. The van der Waals surface area contributed by atoms with Crippen molar-refractivity contribution in [2.45, 2.75) is 59.8 Å². The van der Waals surface area contributed by atoms with Crippen LogP contribution in [-0.2, 0) is 6.42 Å². The van der Waals surface area contributed by atoms with Crippen molar-refractivity contribution in [3.8, 4) is 0 Å². The second kappa shape index (κ2) is 10.7. The summed E-state index contributed by atoms with van der Waals surface area (Å²) in [5, 5.41) is 0. The minimum atomic E-state index is 0.845. The van der Waals surface area contributed by atoms with Crippen LogP contribution in [0.4, 0.5) is 5.69 Å². The molecule has 0 amide bonds. The first kappa shape index (κ1) is 19.0. The smallest absolute Gasteiger partial charge is 0.0314 e. The molecule has 1 aromatic rings. The molecule has 0 unspecified atom stereocenters. The van der Waals surface area contributed by atoms with Crippen LogP contribution in [0.15, 0.2) is 24.3 Å². The zero-order valence-corrected chi connectivity index (χ0v) is 15.1. The van der Waals surface area contributed by atoms with Crippen LogP contribution in [0.25, 0.3) is 0 Å². The molecule has 1 heterocycles. The van der Waals surface area contributed by atoms with Crippen LogP contribution in [0.5, 0.6) is 0 Å². The Morgan fingerprint density at radius 2 is 1.68 bits per heavy atom. The molecule has 1 aromatic carbocycles. The maximum atomic E-state index is 5.74. The molecule has 1 fully saturated rings. The third-order valence-electron chi connectivity index (χ3n) is 4.47. The summed E-state index contributed by atoms with van der Waals surface area (Å²) in [4.78, 5) is 2.65. The predicted molar refractivity (Wildman–Crippen MR) is 99.1 cm³/mol. The number of piperidine rings is 1. The summed E-state index contributed by atoms with van der Waals surface area (Å²) in [6.07, 6.45) is 6.66. The van der Waals surface area contributed by atoms with E-state index in [-0.39, 0.29) is 0 Å². The van der Waals surface area contributed by atoms with Gasteiger partial charge in [-0.1, -0.05) is 39.8 Å². The van der Waals surface area contributed by atoms with Crippen molar-refractivity contribution in [2.24, 2.45) is 11.8 Å². The third kappa shape index (κ3) is 7.31. The van der Waals surface area contributed by atoms with Crippen LogP contribution in [0.3, 0.4) is 0 Å². The van der Waals surface area contributed by atoms with Gasteiger partial charge in [-0.15, -0.1) is 0 Å². The highest BCUT2D eigenvalue weighted by Crippen LogP contribution is 2.22. The second-order valence-electron chi connectivity index (χ2n) is 6.77. The first-order chi connectivity index (χ1) is 10.6. The van der Waals surface area contributed by atoms with Gasteiger partial charge >= 0.3 is 0 Å². The molecule has 1 aliphatic heterocycles. The van der Waals surface area contributed by atoms with E-state index in [1.54, 1.807) is 0 Å². The highest BCUT2D eigenvalue weighted by molar-refractivity contribution is 5.39. The van der Waals surface area contributed by atoms with Crippen molar-refractivity contribution >= 4 is 5.69 Å². The van der Waals surface area contributed by atoms with Crippen molar-refractivity contribution in [1.82, 2.24) is 4.90 Å². The number of nitrogens with zero attached hydrogens (tertiary/aromatic N) is 1. The number of rotatable bonds is 6. The lowest BCUT2D eigenvalue weighted by atomic mass is 9.90. The first-order valence-electron chi connectivity index (χ1n) is 9.20. The van der Waals surface area contributed by atoms with Gasteiger partial charge in [-0.3, -0.25) is 0 Å². The molecule has 2 N–H and O–H groups in total. The van der Waals surface area contributed by atoms with Gasteiger partial charge in [0.15, 0.2) is 0 Å². The molecular formula is C20H36N2. The fraction of sp³-hybridized carbons (Fsp3) is 0.700. The normalized spacial score (nSPS) is 16.4. The van der Waals surface area contributed by atoms with Crippen molar-refractivity contribution in [3.05, 3.63) is 29.8 Å². The maximum absolute atomic E-state index is 5.74. The fourth-order valence-electron chi connectivity index (χ4n) is 3.12. The lowest BCUT2D eigenvalue weighted by Gasteiger charge is -2.32. The van der Waals surface area contributed by atoms with Gasteiger partial charge in [-0.25, -0.2) is 0 Å². The van der Waals surface area contributed by atoms with E-state index in [1.807, 2.05) is 26.0 Å². The average Bonchev–Trinajstić information content (AvgIpc) is 2.53. The number of anilines is 1. The van der Waals surface area contributed by atoms with E-state index < -0.39 is 0 Å². The van der Waals surface area contributed by atoms with Crippen molar-refractivity contribution in [1.29, 1.82) is 0 Å².